The Hall–Kier alpha value is -3.95. The Morgan fingerprint density at radius 2 is 1.78 bits per heavy atom. The van der Waals surface area contributed by atoms with E-state index in [4.69, 9.17) is 9.47 Å². The Bertz CT molecular complexity index is 1500. The van der Waals surface area contributed by atoms with Crippen molar-refractivity contribution < 1.29 is 19.1 Å². The first-order valence-corrected chi connectivity index (χ1v) is 15.1. The molecule has 0 spiro atoms. The first-order chi connectivity index (χ1) is 20.2. The number of thiophene rings is 1. The number of rotatable bonds is 10. The van der Waals surface area contributed by atoms with E-state index < -0.39 is 5.97 Å². The second kappa shape index (κ2) is 12.7. The quantitative estimate of drug-likeness (QED) is 0.187. The van der Waals surface area contributed by atoms with Crippen LogP contribution < -0.4 is 14.5 Å². The van der Waals surface area contributed by atoms with Crippen LogP contribution >= 0.6 is 11.3 Å². The van der Waals surface area contributed by atoms with Crippen molar-refractivity contribution in [3.63, 3.8) is 0 Å². The number of esters is 1. The third-order valence-corrected chi connectivity index (χ3v) is 8.70. The first-order valence-electron chi connectivity index (χ1n) is 14.2. The smallest absolute Gasteiger partial charge is 0.339 e. The van der Waals surface area contributed by atoms with Gasteiger partial charge in [-0.15, -0.1) is 11.3 Å². The first kappa shape index (κ1) is 27.2. The number of ether oxygens (including phenoxy) is 2. The number of nitrogens with zero attached hydrogens (tertiary/aromatic N) is 4. The molecule has 0 saturated carbocycles. The molecule has 2 aromatic carbocycles. The van der Waals surface area contributed by atoms with Gasteiger partial charge in [0.1, 0.15) is 5.75 Å². The number of aromatic nitrogens is 1. The van der Waals surface area contributed by atoms with E-state index in [9.17, 15) is 9.59 Å². The Labute approximate surface area is 244 Å². The van der Waals surface area contributed by atoms with Gasteiger partial charge in [0.05, 0.1) is 17.9 Å². The van der Waals surface area contributed by atoms with Crippen LogP contribution in [-0.4, -0.2) is 67.8 Å². The van der Waals surface area contributed by atoms with Crippen molar-refractivity contribution in [3.8, 4) is 5.75 Å². The number of hydrogen-bond acceptors (Lipinski definition) is 8. The molecule has 1 saturated heterocycles. The second-order valence-corrected chi connectivity index (χ2v) is 11.4. The molecule has 6 rings (SSSR count). The summed E-state index contributed by atoms with van der Waals surface area (Å²) in [7, 11) is 0. The molecule has 4 aromatic rings. The third-order valence-electron chi connectivity index (χ3n) is 7.82. The highest BCUT2D eigenvalue weighted by molar-refractivity contribution is 7.17. The molecule has 0 unspecified atom stereocenters. The monoisotopic (exact) mass is 570 g/mol. The van der Waals surface area contributed by atoms with Crippen molar-refractivity contribution in [2.75, 3.05) is 55.9 Å². The molecule has 1 amide bonds. The minimum atomic E-state index is -0.485. The summed E-state index contributed by atoms with van der Waals surface area (Å²) in [5.74, 6) is 0.172. The predicted octanol–water partition coefficient (Wildman–Crippen LogP) is 5.37. The fourth-order valence-corrected chi connectivity index (χ4v) is 6.34. The number of aryl methyl sites for hydroxylation is 1. The van der Waals surface area contributed by atoms with E-state index in [1.807, 2.05) is 18.2 Å². The lowest BCUT2D eigenvalue weighted by Crippen LogP contribution is -2.46. The van der Waals surface area contributed by atoms with Crippen LogP contribution in [0.4, 0.5) is 11.4 Å². The molecule has 2 aliphatic heterocycles. The number of unbranched alkanes of at least 4 members (excludes halogenated alkanes) is 1. The maximum Gasteiger partial charge on any atom is 0.339 e. The molecule has 8 nitrogen and oxygen atoms in total. The Kier molecular flexibility index (Phi) is 8.44. The number of fused-ring (bicyclic) bond motifs is 2. The molecule has 0 radical (unpaired) electrons. The number of piperazine rings is 1. The largest absolute Gasteiger partial charge is 0.494 e. The van der Waals surface area contributed by atoms with E-state index in [0.717, 1.165) is 62.6 Å². The van der Waals surface area contributed by atoms with Gasteiger partial charge in [-0.1, -0.05) is 12.1 Å². The minimum absolute atomic E-state index is 0.0655. The molecular weight excluding hydrogens is 536 g/mol. The van der Waals surface area contributed by atoms with Gasteiger partial charge < -0.3 is 14.4 Å². The maximum atomic E-state index is 12.7. The number of hydrogen-bond donors (Lipinski definition) is 0. The molecule has 0 atom stereocenters. The average Bonchev–Trinajstić information content (AvgIpc) is 3.50. The van der Waals surface area contributed by atoms with E-state index in [-0.39, 0.29) is 12.6 Å². The lowest BCUT2D eigenvalue weighted by atomic mass is 10.0. The molecule has 2 aromatic heterocycles. The highest BCUT2D eigenvalue weighted by Gasteiger charge is 2.26. The summed E-state index contributed by atoms with van der Waals surface area (Å²) in [6.07, 6.45) is 6.15. The molecule has 0 aliphatic carbocycles. The molecule has 0 N–H and O–H groups in total. The molecular formula is C32H34N4O4S. The van der Waals surface area contributed by atoms with Crippen LogP contribution in [0.2, 0.25) is 0 Å². The summed E-state index contributed by atoms with van der Waals surface area (Å²) < 4.78 is 12.9. The van der Waals surface area contributed by atoms with Gasteiger partial charge in [0.2, 0.25) is 5.91 Å². The van der Waals surface area contributed by atoms with Crippen molar-refractivity contribution >= 4 is 44.7 Å². The zero-order valence-corrected chi connectivity index (χ0v) is 23.9. The second-order valence-electron chi connectivity index (χ2n) is 10.4. The predicted molar refractivity (Wildman–Crippen MR) is 162 cm³/mol. The van der Waals surface area contributed by atoms with Gasteiger partial charge in [0.25, 0.3) is 0 Å². The SMILES string of the molecule is O=C(OCN1C(=O)CCc2ccc(OCCCCN3CCN(c4cccc5sccc45)CC3)cc21)c1ccncc1. The molecule has 41 heavy (non-hydrogen) atoms. The minimum Gasteiger partial charge on any atom is -0.494 e. The van der Waals surface area contributed by atoms with E-state index in [1.165, 1.54) is 33.1 Å². The Morgan fingerprint density at radius 1 is 0.927 bits per heavy atom. The van der Waals surface area contributed by atoms with E-state index in [1.54, 1.807) is 23.5 Å². The molecule has 212 valence electrons. The van der Waals surface area contributed by atoms with Crippen molar-refractivity contribution in [3.05, 3.63) is 83.5 Å². The number of pyridine rings is 1. The van der Waals surface area contributed by atoms with Crippen LogP contribution in [0.25, 0.3) is 10.1 Å². The molecule has 9 heteroatoms. The van der Waals surface area contributed by atoms with Crippen molar-refractivity contribution in [1.82, 2.24) is 9.88 Å². The summed E-state index contributed by atoms with van der Waals surface area (Å²) >= 11 is 1.80. The fraction of sp³-hybridized carbons (Fsp3) is 0.344. The van der Waals surface area contributed by atoms with Crippen LogP contribution in [0.5, 0.6) is 5.75 Å². The van der Waals surface area contributed by atoms with Crippen LogP contribution in [0, 0.1) is 0 Å². The average molecular weight is 571 g/mol. The summed E-state index contributed by atoms with van der Waals surface area (Å²) in [4.78, 5) is 35.6. The summed E-state index contributed by atoms with van der Waals surface area (Å²) in [5, 5.41) is 3.54. The number of carbonyl (C=O) groups excluding carboxylic acids is 2. The van der Waals surface area contributed by atoms with Gasteiger partial charge >= 0.3 is 5.97 Å². The number of amides is 1. The van der Waals surface area contributed by atoms with Crippen LogP contribution in [0.1, 0.15) is 35.2 Å². The molecule has 4 heterocycles. The highest BCUT2D eigenvalue weighted by atomic mass is 32.1. The summed E-state index contributed by atoms with van der Waals surface area (Å²) in [6.45, 7) is 5.79. The van der Waals surface area contributed by atoms with Gasteiger partial charge in [0, 0.05) is 66.8 Å². The van der Waals surface area contributed by atoms with Gasteiger partial charge in [-0.2, -0.15) is 0 Å². The molecule has 2 aliphatic rings. The lowest BCUT2D eigenvalue weighted by Gasteiger charge is -2.36. The summed E-state index contributed by atoms with van der Waals surface area (Å²) in [5.41, 5.74) is 3.55. The van der Waals surface area contributed by atoms with Gasteiger partial charge in [-0.25, -0.2) is 4.79 Å². The van der Waals surface area contributed by atoms with Gasteiger partial charge in [-0.05, 0) is 73.1 Å². The van der Waals surface area contributed by atoms with Crippen LogP contribution in [0.3, 0.4) is 0 Å². The topological polar surface area (TPSA) is 75.2 Å². The molecule has 0 bridgehead atoms. The zero-order chi connectivity index (χ0) is 28.0. The summed E-state index contributed by atoms with van der Waals surface area (Å²) in [6, 6.07) is 17.9. The fourth-order valence-electron chi connectivity index (χ4n) is 5.54. The zero-order valence-electron chi connectivity index (χ0n) is 23.0. The number of anilines is 2. The van der Waals surface area contributed by atoms with Crippen LogP contribution in [0.15, 0.2) is 72.4 Å². The van der Waals surface area contributed by atoms with Crippen molar-refractivity contribution in [2.24, 2.45) is 0 Å². The normalized spacial score (nSPS) is 15.7. The Balaban J connectivity index is 0.955. The maximum absolute atomic E-state index is 12.7. The lowest BCUT2D eigenvalue weighted by molar-refractivity contribution is -0.119. The van der Waals surface area contributed by atoms with Crippen molar-refractivity contribution in [2.45, 2.75) is 25.7 Å². The standard InChI is InChI=1S/C32H34N4O4S/c37-31-9-7-24-6-8-26(22-29(24)36(31)23-40-32(38)25-10-13-33-14-11-25)39-20-2-1-15-34-16-18-35(19-17-34)28-4-3-5-30-27(28)12-21-41-30/h3-6,8,10-14,21-22H,1-2,7,9,15-20,23H2. The number of benzene rings is 2. The Morgan fingerprint density at radius 3 is 2.63 bits per heavy atom. The van der Waals surface area contributed by atoms with E-state index in [2.05, 4.69) is 44.4 Å². The molecule has 1 fully saturated rings. The third kappa shape index (κ3) is 6.36. The van der Waals surface area contributed by atoms with E-state index >= 15 is 0 Å². The van der Waals surface area contributed by atoms with E-state index in [0.29, 0.717) is 25.0 Å². The van der Waals surface area contributed by atoms with Gasteiger partial charge in [0.15, 0.2) is 6.73 Å². The van der Waals surface area contributed by atoms with Gasteiger partial charge in [-0.3, -0.25) is 19.6 Å². The van der Waals surface area contributed by atoms with Crippen molar-refractivity contribution in [1.29, 1.82) is 0 Å². The highest BCUT2D eigenvalue weighted by Crippen LogP contribution is 2.32. The number of carbonyl (C=O) groups is 2. The van der Waals surface area contributed by atoms with Crippen LogP contribution in [-0.2, 0) is 16.0 Å².